The zero-order chi connectivity index (χ0) is 15.5. The van der Waals surface area contributed by atoms with Crippen molar-refractivity contribution in [1.82, 2.24) is 19.7 Å². The van der Waals surface area contributed by atoms with Gasteiger partial charge in [-0.3, -0.25) is 4.79 Å². The number of piperidine rings is 1. The summed E-state index contributed by atoms with van der Waals surface area (Å²) in [5.41, 5.74) is 0. The van der Waals surface area contributed by atoms with Gasteiger partial charge in [0.1, 0.15) is 5.82 Å². The molecule has 2 aliphatic rings. The maximum absolute atomic E-state index is 11.7. The summed E-state index contributed by atoms with van der Waals surface area (Å²) in [4.78, 5) is 18.4. The summed E-state index contributed by atoms with van der Waals surface area (Å²) < 4.78 is 7.52. The molecule has 6 heteroatoms. The number of carbonyl (C=O) groups is 1. The minimum absolute atomic E-state index is 0.238. The Hall–Kier alpha value is -1.43. The Morgan fingerprint density at radius 1 is 1.23 bits per heavy atom. The van der Waals surface area contributed by atoms with Crippen molar-refractivity contribution < 1.29 is 9.53 Å². The lowest BCUT2D eigenvalue weighted by Crippen LogP contribution is -2.36. The molecule has 3 heterocycles. The number of nitrogens with zero attached hydrogens (tertiary/aromatic N) is 4. The summed E-state index contributed by atoms with van der Waals surface area (Å²) in [6.07, 6.45) is 4.58. The van der Waals surface area contributed by atoms with E-state index in [2.05, 4.69) is 11.6 Å². The summed E-state index contributed by atoms with van der Waals surface area (Å²) in [7, 11) is 1.88. The molecule has 0 bridgehead atoms. The molecule has 22 heavy (non-hydrogen) atoms. The van der Waals surface area contributed by atoms with Crippen LogP contribution in [-0.2, 0) is 16.1 Å². The molecule has 122 valence electrons. The summed E-state index contributed by atoms with van der Waals surface area (Å²) in [6.45, 7) is 5.44. The predicted octanol–water partition coefficient (Wildman–Crippen LogP) is 1.92. The lowest BCUT2D eigenvalue weighted by atomic mass is 9.96. The van der Waals surface area contributed by atoms with E-state index in [0.29, 0.717) is 18.3 Å². The van der Waals surface area contributed by atoms with Gasteiger partial charge in [0, 0.05) is 51.6 Å². The Morgan fingerprint density at radius 3 is 2.68 bits per heavy atom. The highest BCUT2D eigenvalue weighted by molar-refractivity contribution is 5.76. The van der Waals surface area contributed by atoms with Crippen LogP contribution in [0.5, 0.6) is 0 Å². The van der Waals surface area contributed by atoms with Crippen LogP contribution in [0.4, 0.5) is 0 Å². The van der Waals surface area contributed by atoms with Crippen molar-refractivity contribution in [3.05, 3.63) is 11.6 Å². The predicted molar refractivity (Wildman–Crippen MR) is 82.7 cm³/mol. The second-order valence-corrected chi connectivity index (χ2v) is 6.45. The molecule has 0 radical (unpaired) electrons. The van der Waals surface area contributed by atoms with E-state index in [1.54, 1.807) is 0 Å². The van der Waals surface area contributed by atoms with Crippen LogP contribution in [0.15, 0.2) is 0 Å². The second kappa shape index (κ2) is 6.77. The third-order valence-electron chi connectivity index (χ3n) is 4.73. The third-order valence-corrected chi connectivity index (χ3v) is 4.73. The van der Waals surface area contributed by atoms with E-state index < -0.39 is 0 Å². The van der Waals surface area contributed by atoms with Crippen molar-refractivity contribution in [2.75, 3.05) is 26.8 Å². The third kappa shape index (κ3) is 3.16. The fraction of sp³-hybridized carbons (Fsp3) is 0.812. The quantitative estimate of drug-likeness (QED) is 0.852. The van der Waals surface area contributed by atoms with Crippen molar-refractivity contribution >= 4 is 5.91 Å². The van der Waals surface area contributed by atoms with Gasteiger partial charge in [-0.2, -0.15) is 5.10 Å². The number of carbonyl (C=O) groups excluding carboxylic acids is 1. The minimum atomic E-state index is 0.238. The second-order valence-electron chi connectivity index (χ2n) is 6.45. The molecule has 3 rings (SSSR count). The highest BCUT2D eigenvalue weighted by Crippen LogP contribution is 2.29. The largest absolute Gasteiger partial charge is 0.381 e. The van der Waals surface area contributed by atoms with Crippen molar-refractivity contribution in [3.8, 4) is 0 Å². The van der Waals surface area contributed by atoms with Crippen LogP contribution in [0.1, 0.15) is 62.5 Å². The molecule has 2 fully saturated rings. The Balaban J connectivity index is 1.82. The van der Waals surface area contributed by atoms with Gasteiger partial charge in [0.25, 0.3) is 0 Å². The Kier molecular flexibility index (Phi) is 4.76. The highest BCUT2D eigenvalue weighted by Gasteiger charge is 2.30. The molecule has 0 spiro atoms. The molecule has 1 aromatic rings. The molecular weight excluding hydrogens is 280 g/mol. The molecular formula is C16H26N4O2. The molecule has 2 saturated heterocycles. The molecule has 0 unspecified atom stereocenters. The standard InChI is InChI=1S/C16H26N4O2/c1-3-8-20-16(13-4-5-14(21)19(2)11-13)17-15(18-20)12-6-9-22-10-7-12/h12-13H,3-11H2,1-2H3/t13-/m1/s1. The molecule has 2 aliphatic heterocycles. The molecule has 1 aromatic heterocycles. The van der Waals surface area contributed by atoms with Gasteiger partial charge in [-0.05, 0) is 25.7 Å². The number of hydrogen-bond acceptors (Lipinski definition) is 4. The van der Waals surface area contributed by atoms with Crippen LogP contribution >= 0.6 is 0 Å². The molecule has 1 amide bonds. The van der Waals surface area contributed by atoms with Gasteiger partial charge in [0.05, 0.1) is 0 Å². The molecule has 0 saturated carbocycles. The van der Waals surface area contributed by atoms with Crippen LogP contribution in [-0.4, -0.2) is 52.4 Å². The maximum atomic E-state index is 11.7. The number of aryl methyl sites for hydroxylation is 1. The first-order valence-electron chi connectivity index (χ1n) is 8.45. The SMILES string of the molecule is CCCn1nc(C2CCOCC2)nc1[C@@H]1CCC(=O)N(C)C1. The zero-order valence-electron chi connectivity index (χ0n) is 13.6. The first-order valence-corrected chi connectivity index (χ1v) is 8.45. The maximum Gasteiger partial charge on any atom is 0.222 e. The Bertz CT molecular complexity index is 522. The van der Waals surface area contributed by atoms with Crippen molar-refractivity contribution in [2.24, 2.45) is 0 Å². The fourth-order valence-corrected chi connectivity index (χ4v) is 3.40. The van der Waals surface area contributed by atoms with Gasteiger partial charge >= 0.3 is 0 Å². The van der Waals surface area contributed by atoms with E-state index in [4.69, 9.17) is 14.8 Å². The number of likely N-dealkylation sites (N-methyl/N-ethyl adjacent to an activating group) is 1. The summed E-state index contributed by atoms with van der Waals surface area (Å²) >= 11 is 0. The van der Waals surface area contributed by atoms with Gasteiger partial charge in [-0.25, -0.2) is 9.67 Å². The number of rotatable bonds is 4. The average Bonchev–Trinajstić information content (AvgIpc) is 2.95. The summed E-state index contributed by atoms with van der Waals surface area (Å²) in [6, 6.07) is 0. The first-order chi connectivity index (χ1) is 10.7. The fourth-order valence-electron chi connectivity index (χ4n) is 3.40. The van der Waals surface area contributed by atoms with Gasteiger partial charge in [-0.15, -0.1) is 0 Å². The Labute approximate surface area is 131 Å². The first kappa shape index (κ1) is 15.5. The number of ether oxygens (including phenoxy) is 1. The van der Waals surface area contributed by atoms with Crippen LogP contribution in [0.25, 0.3) is 0 Å². The van der Waals surface area contributed by atoms with Crippen LogP contribution < -0.4 is 0 Å². The van der Waals surface area contributed by atoms with Gasteiger partial charge < -0.3 is 9.64 Å². The van der Waals surface area contributed by atoms with E-state index >= 15 is 0 Å². The summed E-state index contributed by atoms with van der Waals surface area (Å²) in [5, 5.41) is 4.79. The Morgan fingerprint density at radius 2 is 2.00 bits per heavy atom. The molecule has 0 aromatic carbocycles. The molecule has 0 aliphatic carbocycles. The van der Waals surface area contributed by atoms with E-state index in [-0.39, 0.29) is 5.91 Å². The van der Waals surface area contributed by atoms with E-state index in [1.807, 2.05) is 11.9 Å². The summed E-state index contributed by atoms with van der Waals surface area (Å²) in [5.74, 6) is 3.03. The monoisotopic (exact) mass is 306 g/mol. The van der Waals surface area contributed by atoms with Crippen LogP contribution in [0, 0.1) is 0 Å². The van der Waals surface area contributed by atoms with Crippen molar-refractivity contribution in [3.63, 3.8) is 0 Å². The van der Waals surface area contributed by atoms with E-state index in [0.717, 1.165) is 63.6 Å². The highest BCUT2D eigenvalue weighted by atomic mass is 16.5. The van der Waals surface area contributed by atoms with E-state index in [9.17, 15) is 4.79 Å². The number of likely N-dealkylation sites (tertiary alicyclic amines) is 1. The molecule has 0 N–H and O–H groups in total. The van der Waals surface area contributed by atoms with Crippen molar-refractivity contribution in [1.29, 1.82) is 0 Å². The lowest BCUT2D eigenvalue weighted by molar-refractivity contribution is -0.132. The topological polar surface area (TPSA) is 60.2 Å². The minimum Gasteiger partial charge on any atom is -0.381 e. The van der Waals surface area contributed by atoms with Crippen LogP contribution in [0.3, 0.4) is 0 Å². The van der Waals surface area contributed by atoms with Gasteiger partial charge in [0.15, 0.2) is 5.82 Å². The van der Waals surface area contributed by atoms with Crippen molar-refractivity contribution in [2.45, 2.75) is 57.4 Å². The lowest BCUT2D eigenvalue weighted by Gasteiger charge is -2.29. The van der Waals surface area contributed by atoms with Crippen LogP contribution in [0.2, 0.25) is 0 Å². The number of amides is 1. The van der Waals surface area contributed by atoms with E-state index in [1.165, 1.54) is 0 Å². The normalized spacial score (nSPS) is 24.0. The van der Waals surface area contributed by atoms with Gasteiger partial charge in [0.2, 0.25) is 5.91 Å². The molecule has 6 nitrogen and oxygen atoms in total. The molecule has 1 atom stereocenters. The number of aromatic nitrogens is 3. The average molecular weight is 306 g/mol. The number of hydrogen-bond donors (Lipinski definition) is 0. The zero-order valence-corrected chi connectivity index (χ0v) is 13.6. The smallest absolute Gasteiger partial charge is 0.222 e. The van der Waals surface area contributed by atoms with Gasteiger partial charge in [-0.1, -0.05) is 6.92 Å².